The molecule has 1 amide bonds. The molecule has 0 radical (unpaired) electrons. The molecule has 1 atom stereocenters. The Hall–Kier alpha value is -3.22. The van der Waals surface area contributed by atoms with Crippen LogP contribution in [0.3, 0.4) is 0 Å². The minimum Gasteiger partial charge on any atom is -0.370 e. The lowest BCUT2D eigenvalue weighted by molar-refractivity contribution is -0.384. The second-order valence-electron chi connectivity index (χ2n) is 6.34. The number of nitrogens with two attached hydrogens (primary N) is 1. The van der Waals surface area contributed by atoms with Crippen LogP contribution in [0.1, 0.15) is 28.8 Å². The highest BCUT2D eigenvalue weighted by molar-refractivity contribution is 6.12. The fraction of sp³-hybridized carbons (Fsp3) is 0.263. The second kappa shape index (κ2) is 7.35. The second-order valence-corrected chi connectivity index (χ2v) is 6.34. The molecule has 2 N–H and O–H groups in total. The lowest BCUT2D eigenvalue weighted by Crippen LogP contribution is -2.41. The number of carbonyl (C=O) groups is 2. The van der Waals surface area contributed by atoms with Gasteiger partial charge in [-0.05, 0) is 18.9 Å². The van der Waals surface area contributed by atoms with Crippen molar-refractivity contribution < 1.29 is 14.5 Å². The fourth-order valence-electron chi connectivity index (χ4n) is 3.27. The molecule has 0 saturated carbocycles. The molecule has 2 aromatic carbocycles. The third-order valence-corrected chi connectivity index (χ3v) is 4.64. The largest absolute Gasteiger partial charge is 0.370 e. The van der Waals surface area contributed by atoms with Crippen LogP contribution in [-0.4, -0.2) is 29.7 Å². The number of nitrogens with zero attached hydrogens (tertiary/aromatic N) is 2. The SMILES string of the molecule is NC(=O)C1CCCN(c2ccc([N+](=O)[O-])cc2C(=O)c2ccccc2)C1. The number of primary amides is 1. The fourth-order valence-corrected chi connectivity index (χ4v) is 3.27. The maximum atomic E-state index is 13.0. The molecule has 1 unspecified atom stereocenters. The van der Waals surface area contributed by atoms with Gasteiger partial charge < -0.3 is 10.6 Å². The molecule has 0 spiro atoms. The summed E-state index contributed by atoms with van der Waals surface area (Å²) in [6.07, 6.45) is 1.48. The van der Waals surface area contributed by atoms with E-state index in [0.29, 0.717) is 30.8 Å². The zero-order valence-electron chi connectivity index (χ0n) is 14.1. The molecule has 0 bridgehead atoms. The first-order valence-corrected chi connectivity index (χ1v) is 8.40. The van der Waals surface area contributed by atoms with Crippen molar-refractivity contribution in [1.29, 1.82) is 0 Å². The van der Waals surface area contributed by atoms with E-state index in [1.165, 1.54) is 12.1 Å². The smallest absolute Gasteiger partial charge is 0.270 e. The first-order valence-electron chi connectivity index (χ1n) is 8.40. The molecule has 26 heavy (non-hydrogen) atoms. The highest BCUT2D eigenvalue weighted by atomic mass is 16.6. The molecule has 7 nitrogen and oxygen atoms in total. The van der Waals surface area contributed by atoms with Crippen molar-refractivity contribution in [1.82, 2.24) is 0 Å². The average Bonchev–Trinajstić information content (AvgIpc) is 2.67. The Balaban J connectivity index is 2.03. The third kappa shape index (κ3) is 3.56. The van der Waals surface area contributed by atoms with Gasteiger partial charge in [-0.3, -0.25) is 19.7 Å². The predicted molar refractivity (Wildman–Crippen MR) is 97.1 cm³/mol. The van der Waals surface area contributed by atoms with Gasteiger partial charge in [0.15, 0.2) is 5.78 Å². The van der Waals surface area contributed by atoms with E-state index in [-0.39, 0.29) is 28.9 Å². The Kier molecular flexibility index (Phi) is 4.97. The molecule has 134 valence electrons. The van der Waals surface area contributed by atoms with Crippen LogP contribution < -0.4 is 10.6 Å². The Morgan fingerprint density at radius 2 is 1.88 bits per heavy atom. The van der Waals surface area contributed by atoms with E-state index in [1.807, 2.05) is 4.90 Å². The number of carbonyl (C=O) groups excluding carboxylic acids is 2. The highest BCUT2D eigenvalue weighted by Gasteiger charge is 2.28. The van der Waals surface area contributed by atoms with Gasteiger partial charge in [-0.1, -0.05) is 30.3 Å². The van der Waals surface area contributed by atoms with E-state index in [0.717, 1.165) is 6.42 Å². The molecule has 1 heterocycles. The number of anilines is 1. The van der Waals surface area contributed by atoms with Crippen molar-refractivity contribution in [3.8, 4) is 0 Å². The maximum absolute atomic E-state index is 13.0. The van der Waals surface area contributed by atoms with Gasteiger partial charge in [0, 0.05) is 36.5 Å². The van der Waals surface area contributed by atoms with Crippen LogP contribution >= 0.6 is 0 Å². The number of nitro groups is 1. The Morgan fingerprint density at radius 3 is 2.54 bits per heavy atom. The number of hydrogen-bond donors (Lipinski definition) is 1. The van der Waals surface area contributed by atoms with Crippen LogP contribution in [-0.2, 0) is 4.79 Å². The number of nitro benzene ring substituents is 1. The standard InChI is InChI=1S/C19H19N3O4/c20-19(24)14-7-4-10-21(12-14)17-9-8-15(22(25)26)11-16(17)18(23)13-5-2-1-3-6-13/h1-3,5-6,8-9,11,14H,4,7,10,12H2,(H2,20,24). The Morgan fingerprint density at radius 1 is 1.15 bits per heavy atom. The first kappa shape index (κ1) is 17.6. The monoisotopic (exact) mass is 353 g/mol. The van der Waals surface area contributed by atoms with Gasteiger partial charge in [-0.2, -0.15) is 0 Å². The van der Waals surface area contributed by atoms with Crippen LogP contribution in [0.2, 0.25) is 0 Å². The lowest BCUT2D eigenvalue weighted by atomic mass is 9.94. The maximum Gasteiger partial charge on any atom is 0.270 e. The van der Waals surface area contributed by atoms with Gasteiger partial charge in [0.2, 0.25) is 5.91 Å². The lowest BCUT2D eigenvalue weighted by Gasteiger charge is -2.34. The van der Waals surface area contributed by atoms with Gasteiger partial charge >= 0.3 is 0 Å². The van der Waals surface area contributed by atoms with Crippen LogP contribution in [0, 0.1) is 16.0 Å². The molecule has 2 aromatic rings. The number of amides is 1. The van der Waals surface area contributed by atoms with E-state index in [2.05, 4.69) is 0 Å². The average molecular weight is 353 g/mol. The molecule has 1 aliphatic heterocycles. The number of benzene rings is 2. The summed E-state index contributed by atoms with van der Waals surface area (Å²) in [6, 6.07) is 12.9. The molecular formula is C19H19N3O4. The summed E-state index contributed by atoms with van der Waals surface area (Å²) in [5.41, 5.74) is 6.61. The van der Waals surface area contributed by atoms with E-state index in [1.54, 1.807) is 36.4 Å². The minimum atomic E-state index is -0.520. The van der Waals surface area contributed by atoms with Gasteiger partial charge in [0.1, 0.15) is 0 Å². The molecular weight excluding hydrogens is 334 g/mol. The summed E-state index contributed by atoms with van der Waals surface area (Å²) in [5, 5.41) is 11.2. The number of piperidine rings is 1. The first-order chi connectivity index (χ1) is 12.5. The summed E-state index contributed by atoms with van der Waals surface area (Å²) >= 11 is 0. The normalized spacial score (nSPS) is 16.9. The third-order valence-electron chi connectivity index (χ3n) is 4.64. The summed E-state index contributed by atoms with van der Waals surface area (Å²) in [4.78, 5) is 37.1. The van der Waals surface area contributed by atoms with Crippen LogP contribution in [0.5, 0.6) is 0 Å². The van der Waals surface area contributed by atoms with Crippen LogP contribution in [0.15, 0.2) is 48.5 Å². The summed E-state index contributed by atoms with van der Waals surface area (Å²) in [6.45, 7) is 1.07. The number of non-ortho nitro benzene ring substituents is 1. The molecule has 1 fully saturated rings. The van der Waals surface area contributed by atoms with Crippen molar-refractivity contribution in [2.75, 3.05) is 18.0 Å². The number of hydrogen-bond acceptors (Lipinski definition) is 5. The van der Waals surface area contributed by atoms with Crippen molar-refractivity contribution >= 4 is 23.1 Å². The Bertz CT molecular complexity index is 851. The van der Waals surface area contributed by atoms with Crippen molar-refractivity contribution in [2.24, 2.45) is 11.7 Å². The molecule has 7 heteroatoms. The van der Waals surface area contributed by atoms with Gasteiger partial charge in [-0.25, -0.2) is 0 Å². The van der Waals surface area contributed by atoms with Gasteiger partial charge in [-0.15, -0.1) is 0 Å². The van der Waals surface area contributed by atoms with Crippen molar-refractivity contribution in [2.45, 2.75) is 12.8 Å². The number of rotatable bonds is 5. The summed E-state index contributed by atoms with van der Waals surface area (Å²) in [5.74, 6) is -0.948. The van der Waals surface area contributed by atoms with Crippen LogP contribution in [0.4, 0.5) is 11.4 Å². The van der Waals surface area contributed by atoms with E-state index >= 15 is 0 Å². The molecule has 1 aliphatic rings. The topological polar surface area (TPSA) is 107 Å². The van der Waals surface area contributed by atoms with E-state index < -0.39 is 4.92 Å². The number of ketones is 1. The highest BCUT2D eigenvalue weighted by Crippen LogP contribution is 2.31. The van der Waals surface area contributed by atoms with Crippen molar-refractivity contribution in [3.05, 3.63) is 69.8 Å². The minimum absolute atomic E-state index is 0.142. The zero-order chi connectivity index (χ0) is 18.7. The zero-order valence-corrected chi connectivity index (χ0v) is 14.1. The van der Waals surface area contributed by atoms with Crippen molar-refractivity contribution in [3.63, 3.8) is 0 Å². The summed E-state index contributed by atoms with van der Waals surface area (Å²) < 4.78 is 0. The Labute approximate surface area is 150 Å². The quantitative estimate of drug-likeness (QED) is 0.505. The molecule has 0 aromatic heterocycles. The predicted octanol–water partition coefficient (Wildman–Crippen LogP) is 2.53. The van der Waals surface area contributed by atoms with Gasteiger partial charge in [0.25, 0.3) is 5.69 Å². The van der Waals surface area contributed by atoms with E-state index in [9.17, 15) is 19.7 Å². The molecule has 0 aliphatic carbocycles. The molecule has 1 saturated heterocycles. The van der Waals surface area contributed by atoms with Crippen LogP contribution in [0.25, 0.3) is 0 Å². The van der Waals surface area contributed by atoms with E-state index in [4.69, 9.17) is 5.73 Å². The molecule has 3 rings (SSSR count). The summed E-state index contributed by atoms with van der Waals surface area (Å²) in [7, 11) is 0. The van der Waals surface area contributed by atoms with Gasteiger partial charge in [0.05, 0.1) is 16.4 Å².